The molecule has 0 amide bonds. The van der Waals surface area contributed by atoms with Gasteiger partial charge in [0.25, 0.3) is 0 Å². The normalized spacial score (nSPS) is 27.7. The summed E-state index contributed by atoms with van der Waals surface area (Å²) in [7, 11) is 0.825. The van der Waals surface area contributed by atoms with Crippen LogP contribution in [0.25, 0.3) is 0 Å². The molecule has 2 rings (SSSR count). The van der Waals surface area contributed by atoms with Crippen LogP contribution in [0.2, 0.25) is 11.1 Å². The van der Waals surface area contributed by atoms with E-state index in [1.165, 1.54) is 23.9 Å². The highest BCUT2D eigenvalue weighted by Gasteiger charge is 2.20. The maximum Gasteiger partial charge on any atom is 0.0346 e. The largest absolute Gasteiger partial charge is 0.0533 e. The van der Waals surface area contributed by atoms with Gasteiger partial charge in [-0.05, 0) is 11.1 Å². The highest BCUT2D eigenvalue weighted by atomic mass is 28.2. The smallest absolute Gasteiger partial charge is 0.0346 e. The van der Waals surface area contributed by atoms with Gasteiger partial charge in [-0.1, -0.05) is 64.2 Å². The van der Waals surface area contributed by atoms with Crippen molar-refractivity contribution in [1.29, 1.82) is 0 Å². The van der Waals surface area contributed by atoms with Crippen molar-refractivity contribution >= 4 is 9.52 Å². The quantitative estimate of drug-likeness (QED) is 0.586. The average molecular weight is 195 g/mol. The lowest BCUT2D eigenvalue weighted by Crippen LogP contribution is -2.16. The van der Waals surface area contributed by atoms with Crippen molar-refractivity contribution in [2.75, 3.05) is 0 Å². The lowest BCUT2D eigenvalue weighted by atomic mass is 9.99. The maximum absolute atomic E-state index is 1.59. The zero-order chi connectivity index (χ0) is 8.93. The van der Waals surface area contributed by atoms with E-state index in [1.54, 1.807) is 51.4 Å². The van der Waals surface area contributed by atoms with E-state index in [9.17, 15) is 0 Å². The van der Waals surface area contributed by atoms with E-state index >= 15 is 0 Å². The molecular weight excluding hydrogens is 172 g/mol. The van der Waals surface area contributed by atoms with Crippen LogP contribution in [0.3, 0.4) is 0 Å². The fourth-order valence-electron chi connectivity index (χ4n) is 3.04. The molecule has 0 atom stereocenters. The van der Waals surface area contributed by atoms with Crippen LogP contribution in [0.4, 0.5) is 0 Å². The van der Waals surface area contributed by atoms with Gasteiger partial charge in [-0.2, -0.15) is 0 Å². The number of hydrogen-bond acceptors (Lipinski definition) is 0. The minimum atomic E-state index is 0.825. The molecule has 0 aromatic rings. The Morgan fingerprint density at radius 3 is 1.31 bits per heavy atom. The molecule has 0 bridgehead atoms. The fraction of sp³-hybridized carbons (Fsp3) is 1.00. The number of rotatable bonds is 2. The standard InChI is InChI=1S/C12H23Si/c1-3-7-11(8-4-1)13-12-9-5-2-6-10-12/h11-13H,1-10H2. The Labute approximate surface area is 85.3 Å². The van der Waals surface area contributed by atoms with Gasteiger partial charge in [-0.25, -0.2) is 0 Å². The third-order valence-corrected chi connectivity index (χ3v) is 6.27. The Balaban J connectivity index is 1.69. The topological polar surface area (TPSA) is 0 Å². The van der Waals surface area contributed by atoms with E-state index in [0.29, 0.717) is 0 Å². The summed E-state index contributed by atoms with van der Waals surface area (Å²) in [4.78, 5) is 0. The summed E-state index contributed by atoms with van der Waals surface area (Å²) in [5.41, 5.74) is 2.41. The second-order valence-corrected chi connectivity index (χ2v) is 7.26. The van der Waals surface area contributed by atoms with Crippen molar-refractivity contribution in [1.82, 2.24) is 0 Å². The van der Waals surface area contributed by atoms with E-state index in [4.69, 9.17) is 0 Å². The van der Waals surface area contributed by atoms with Crippen LogP contribution in [0, 0.1) is 0 Å². The van der Waals surface area contributed by atoms with Crippen molar-refractivity contribution in [3.63, 3.8) is 0 Å². The Bertz CT molecular complexity index is 116. The van der Waals surface area contributed by atoms with Crippen LogP contribution in [0.15, 0.2) is 0 Å². The van der Waals surface area contributed by atoms with Crippen LogP contribution in [0.1, 0.15) is 64.2 Å². The molecule has 0 N–H and O–H groups in total. The lowest BCUT2D eigenvalue weighted by molar-refractivity contribution is 0.470. The van der Waals surface area contributed by atoms with Gasteiger partial charge < -0.3 is 0 Å². The van der Waals surface area contributed by atoms with Crippen LogP contribution in [0.5, 0.6) is 0 Å². The molecule has 0 heterocycles. The van der Waals surface area contributed by atoms with Crippen molar-refractivity contribution in [2.24, 2.45) is 0 Å². The van der Waals surface area contributed by atoms with E-state index in [2.05, 4.69) is 0 Å². The predicted octanol–water partition coefficient (Wildman–Crippen LogP) is 3.93. The molecule has 0 nitrogen and oxygen atoms in total. The van der Waals surface area contributed by atoms with Crippen LogP contribution < -0.4 is 0 Å². The summed E-state index contributed by atoms with van der Waals surface area (Å²) in [5.74, 6) is 0. The van der Waals surface area contributed by atoms with Crippen LogP contribution in [-0.2, 0) is 0 Å². The second kappa shape index (κ2) is 5.19. The Hall–Kier alpha value is 0.217. The van der Waals surface area contributed by atoms with Crippen molar-refractivity contribution in [2.45, 2.75) is 75.3 Å². The Kier molecular flexibility index (Phi) is 3.89. The highest BCUT2D eigenvalue weighted by molar-refractivity contribution is 6.39. The number of hydrogen-bond donors (Lipinski definition) is 0. The van der Waals surface area contributed by atoms with Gasteiger partial charge in [0, 0.05) is 9.52 Å². The molecule has 0 spiro atoms. The zero-order valence-electron chi connectivity index (χ0n) is 8.80. The molecule has 75 valence electrons. The zero-order valence-corrected chi connectivity index (χ0v) is 9.96. The van der Waals surface area contributed by atoms with Crippen LogP contribution in [-0.4, -0.2) is 9.52 Å². The van der Waals surface area contributed by atoms with Gasteiger partial charge in [-0.15, -0.1) is 0 Å². The summed E-state index contributed by atoms with van der Waals surface area (Å²) in [5, 5.41) is 0. The summed E-state index contributed by atoms with van der Waals surface area (Å²) >= 11 is 0. The first-order chi connectivity index (χ1) is 6.45. The summed E-state index contributed by atoms with van der Waals surface area (Å²) < 4.78 is 0. The molecule has 0 saturated heterocycles. The summed E-state index contributed by atoms with van der Waals surface area (Å²) in [6.45, 7) is 0. The predicted molar refractivity (Wildman–Crippen MR) is 60.8 cm³/mol. The summed E-state index contributed by atoms with van der Waals surface area (Å²) in [6, 6.07) is 0. The first-order valence-electron chi connectivity index (χ1n) is 6.30. The molecular formula is C12H23Si. The molecule has 0 aliphatic heterocycles. The van der Waals surface area contributed by atoms with E-state index in [0.717, 1.165) is 9.52 Å². The maximum atomic E-state index is 1.59. The van der Waals surface area contributed by atoms with Crippen LogP contribution >= 0.6 is 0 Å². The van der Waals surface area contributed by atoms with Crippen molar-refractivity contribution < 1.29 is 0 Å². The average Bonchev–Trinajstić information content (AvgIpc) is 2.21. The molecule has 1 radical (unpaired) electrons. The second-order valence-electron chi connectivity index (χ2n) is 4.99. The minimum absolute atomic E-state index is 0.825. The molecule has 2 fully saturated rings. The molecule has 2 aliphatic carbocycles. The van der Waals surface area contributed by atoms with E-state index < -0.39 is 0 Å². The van der Waals surface area contributed by atoms with Crippen molar-refractivity contribution in [3.8, 4) is 0 Å². The molecule has 1 heteroatoms. The molecule has 13 heavy (non-hydrogen) atoms. The van der Waals surface area contributed by atoms with Crippen molar-refractivity contribution in [3.05, 3.63) is 0 Å². The third kappa shape index (κ3) is 3.12. The first-order valence-corrected chi connectivity index (χ1v) is 7.63. The molecule has 2 saturated carbocycles. The van der Waals surface area contributed by atoms with Gasteiger partial charge in [0.15, 0.2) is 0 Å². The van der Waals surface area contributed by atoms with E-state index in [1.807, 2.05) is 0 Å². The lowest BCUT2D eigenvalue weighted by Gasteiger charge is -2.28. The molecule has 0 aromatic carbocycles. The Morgan fingerprint density at radius 1 is 0.538 bits per heavy atom. The van der Waals surface area contributed by atoms with Gasteiger partial charge in [-0.3, -0.25) is 0 Å². The van der Waals surface area contributed by atoms with Gasteiger partial charge in [0.05, 0.1) is 0 Å². The van der Waals surface area contributed by atoms with E-state index in [-0.39, 0.29) is 0 Å². The van der Waals surface area contributed by atoms with Gasteiger partial charge in [0.1, 0.15) is 0 Å². The third-order valence-electron chi connectivity index (χ3n) is 3.84. The fourth-order valence-corrected chi connectivity index (χ4v) is 5.52. The molecule has 0 aromatic heterocycles. The first kappa shape index (κ1) is 9.76. The minimum Gasteiger partial charge on any atom is -0.0533 e. The van der Waals surface area contributed by atoms with Gasteiger partial charge >= 0.3 is 0 Å². The Morgan fingerprint density at radius 2 is 0.923 bits per heavy atom. The highest BCUT2D eigenvalue weighted by Crippen LogP contribution is 2.36. The van der Waals surface area contributed by atoms with Gasteiger partial charge in [0.2, 0.25) is 0 Å². The monoisotopic (exact) mass is 195 g/mol. The molecule has 0 unspecified atom stereocenters. The summed E-state index contributed by atoms with van der Waals surface area (Å²) in [6.07, 6.45) is 15.6. The molecule has 2 aliphatic rings. The SMILES string of the molecule is C1CCC([SiH]C2CCCCC2)CC1.